The lowest BCUT2D eigenvalue weighted by Crippen LogP contribution is -2.27. The van der Waals surface area contributed by atoms with Crippen molar-refractivity contribution in [3.8, 4) is 11.5 Å². The summed E-state index contributed by atoms with van der Waals surface area (Å²) in [6.07, 6.45) is 1.50. The summed E-state index contributed by atoms with van der Waals surface area (Å²) in [7, 11) is 0. The summed E-state index contributed by atoms with van der Waals surface area (Å²) in [5.41, 5.74) is 2.60. The molecule has 0 saturated carbocycles. The van der Waals surface area contributed by atoms with Crippen LogP contribution < -0.4 is 14.9 Å². The van der Waals surface area contributed by atoms with Gasteiger partial charge in [0.1, 0.15) is 17.1 Å². The van der Waals surface area contributed by atoms with E-state index in [1.807, 2.05) is 18.2 Å². The standard InChI is InChI=1S/C21H24N2O5/c1-21(2,3)28-20(25)15-27-18-11-9-16(10-12-18)13-22-23-19(24)14-26-17-7-5-4-6-8-17/h4-13H,14-15H2,1-3H3,(H,23,24)/b22-13+. The van der Waals surface area contributed by atoms with Crippen molar-refractivity contribution >= 4 is 18.1 Å². The van der Waals surface area contributed by atoms with Gasteiger partial charge in [0, 0.05) is 0 Å². The van der Waals surface area contributed by atoms with Crippen molar-refractivity contribution in [2.24, 2.45) is 5.10 Å². The molecule has 0 aliphatic heterocycles. The number of esters is 1. The van der Waals surface area contributed by atoms with Gasteiger partial charge < -0.3 is 14.2 Å². The van der Waals surface area contributed by atoms with E-state index in [1.54, 1.807) is 57.2 Å². The Kier molecular flexibility index (Phi) is 7.56. The first-order valence-electron chi connectivity index (χ1n) is 8.76. The van der Waals surface area contributed by atoms with Crippen molar-refractivity contribution < 1.29 is 23.8 Å². The second-order valence-electron chi connectivity index (χ2n) is 6.84. The third-order valence-electron chi connectivity index (χ3n) is 3.17. The van der Waals surface area contributed by atoms with Gasteiger partial charge in [-0.15, -0.1) is 0 Å². The minimum atomic E-state index is -0.544. The van der Waals surface area contributed by atoms with E-state index in [4.69, 9.17) is 14.2 Å². The fourth-order valence-corrected chi connectivity index (χ4v) is 2.04. The van der Waals surface area contributed by atoms with Gasteiger partial charge in [-0.3, -0.25) is 4.79 Å². The molecule has 148 valence electrons. The normalized spacial score (nSPS) is 11.1. The zero-order valence-electron chi connectivity index (χ0n) is 16.2. The Labute approximate surface area is 164 Å². The molecule has 2 rings (SSSR count). The zero-order valence-corrected chi connectivity index (χ0v) is 16.2. The average Bonchev–Trinajstić information content (AvgIpc) is 2.65. The van der Waals surface area contributed by atoms with Crippen molar-refractivity contribution in [2.45, 2.75) is 26.4 Å². The van der Waals surface area contributed by atoms with Gasteiger partial charge in [-0.05, 0) is 62.7 Å². The van der Waals surface area contributed by atoms with Crippen molar-refractivity contribution in [3.63, 3.8) is 0 Å². The molecule has 0 heterocycles. The molecule has 0 atom stereocenters. The lowest BCUT2D eigenvalue weighted by molar-refractivity contribution is -0.157. The first kappa shape index (κ1) is 21.0. The van der Waals surface area contributed by atoms with Gasteiger partial charge in [0.05, 0.1) is 6.21 Å². The number of carbonyl (C=O) groups excluding carboxylic acids is 2. The first-order chi connectivity index (χ1) is 13.3. The molecule has 28 heavy (non-hydrogen) atoms. The van der Waals surface area contributed by atoms with Gasteiger partial charge in [-0.1, -0.05) is 18.2 Å². The number of rotatable bonds is 8. The maximum absolute atomic E-state index is 11.7. The van der Waals surface area contributed by atoms with Gasteiger partial charge in [-0.25, -0.2) is 10.2 Å². The number of ether oxygens (including phenoxy) is 3. The highest BCUT2D eigenvalue weighted by atomic mass is 16.6. The van der Waals surface area contributed by atoms with Crippen LogP contribution in [0.3, 0.4) is 0 Å². The molecule has 2 aromatic carbocycles. The predicted molar refractivity (Wildman–Crippen MR) is 105 cm³/mol. The highest BCUT2D eigenvalue weighted by Crippen LogP contribution is 2.12. The number of hydrogen-bond acceptors (Lipinski definition) is 6. The number of nitrogens with one attached hydrogen (secondary N) is 1. The van der Waals surface area contributed by atoms with Crippen molar-refractivity contribution in [1.82, 2.24) is 5.43 Å². The third kappa shape index (κ3) is 8.35. The highest BCUT2D eigenvalue weighted by Gasteiger charge is 2.16. The van der Waals surface area contributed by atoms with Gasteiger partial charge in [-0.2, -0.15) is 5.10 Å². The Balaban J connectivity index is 1.72. The van der Waals surface area contributed by atoms with Crippen molar-refractivity contribution in [3.05, 3.63) is 60.2 Å². The molecule has 0 bridgehead atoms. The summed E-state index contributed by atoms with van der Waals surface area (Å²) < 4.78 is 15.9. The van der Waals surface area contributed by atoms with E-state index in [0.717, 1.165) is 5.56 Å². The number of hydrazone groups is 1. The topological polar surface area (TPSA) is 86.2 Å². The molecule has 0 aliphatic carbocycles. The van der Waals surface area contributed by atoms with Crippen LogP contribution in [-0.2, 0) is 14.3 Å². The van der Waals surface area contributed by atoms with E-state index in [1.165, 1.54) is 6.21 Å². The molecule has 1 N–H and O–H groups in total. The fraction of sp³-hybridized carbons (Fsp3) is 0.286. The molecular weight excluding hydrogens is 360 g/mol. The summed E-state index contributed by atoms with van der Waals surface area (Å²) in [4.78, 5) is 23.3. The molecular formula is C21H24N2O5. The van der Waals surface area contributed by atoms with Crippen molar-refractivity contribution in [2.75, 3.05) is 13.2 Å². The van der Waals surface area contributed by atoms with Gasteiger partial charge >= 0.3 is 5.97 Å². The maximum atomic E-state index is 11.7. The van der Waals surface area contributed by atoms with Gasteiger partial charge in [0.2, 0.25) is 0 Å². The van der Waals surface area contributed by atoms with E-state index >= 15 is 0 Å². The van der Waals surface area contributed by atoms with E-state index in [-0.39, 0.29) is 19.1 Å². The summed E-state index contributed by atoms with van der Waals surface area (Å²) in [6, 6.07) is 16.0. The van der Waals surface area contributed by atoms with Crippen LogP contribution >= 0.6 is 0 Å². The van der Waals surface area contributed by atoms with Crippen LogP contribution in [0.5, 0.6) is 11.5 Å². The molecule has 7 nitrogen and oxygen atoms in total. The van der Waals surface area contributed by atoms with Gasteiger partial charge in [0.25, 0.3) is 5.91 Å². The molecule has 7 heteroatoms. The Bertz CT molecular complexity index is 796. The second-order valence-corrected chi connectivity index (χ2v) is 6.84. The van der Waals surface area contributed by atoms with Crippen LogP contribution in [0.25, 0.3) is 0 Å². The van der Waals surface area contributed by atoms with Crippen LogP contribution in [0.4, 0.5) is 0 Å². The Morgan fingerprint density at radius 1 is 0.929 bits per heavy atom. The molecule has 0 radical (unpaired) electrons. The van der Waals surface area contributed by atoms with Crippen LogP contribution in [0, 0.1) is 0 Å². The van der Waals surface area contributed by atoms with E-state index in [9.17, 15) is 9.59 Å². The molecule has 0 saturated heterocycles. The number of amides is 1. The van der Waals surface area contributed by atoms with E-state index in [2.05, 4.69) is 10.5 Å². The quantitative estimate of drug-likeness (QED) is 0.430. The van der Waals surface area contributed by atoms with Gasteiger partial charge in [0.15, 0.2) is 13.2 Å². The number of carbonyl (C=O) groups is 2. The summed E-state index contributed by atoms with van der Waals surface area (Å²) in [5, 5.41) is 3.88. The average molecular weight is 384 g/mol. The maximum Gasteiger partial charge on any atom is 0.344 e. The van der Waals surface area contributed by atoms with Crippen LogP contribution in [-0.4, -0.2) is 36.9 Å². The summed E-state index contributed by atoms with van der Waals surface area (Å²) >= 11 is 0. The lowest BCUT2D eigenvalue weighted by Gasteiger charge is -2.19. The lowest BCUT2D eigenvalue weighted by atomic mass is 10.2. The molecule has 0 unspecified atom stereocenters. The molecule has 0 spiro atoms. The Hall–Kier alpha value is -3.35. The monoisotopic (exact) mass is 384 g/mol. The molecule has 0 fully saturated rings. The molecule has 1 amide bonds. The number of benzene rings is 2. The highest BCUT2D eigenvalue weighted by molar-refractivity contribution is 5.83. The molecule has 0 aliphatic rings. The van der Waals surface area contributed by atoms with Crippen LogP contribution in [0.15, 0.2) is 59.7 Å². The number of nitrogens with zero attached hydrogens (tertiary/aromatic N) is 1. The zero-order chi connectivity index (χ0) is 20.4. The fourth-order valence-electron chi connectivity index (χ4n) is 2.04. The smallest absolute Gasteiger partial charge is 0.344 e. The largest absolute Gasteiger partial charge is 0.484 e. The summed E-state index contributed by atoms with van der Waals surface area (Å²) in [6.45, 7) is 5.10. The Morgan fingerprint density at radius 2 is 1.54 bits per heavy atom. The van der Waals surface area contributed by atoms with Crippen LogP contribution in [0.2, 0.25) is 0 Å². The Morgan fingerprint density at radius 3 is 2.18 bits per heavy atom. The minimum absolute atomic E-state index is 0.126. The van der Waals surface area contributed by atoms with Crippen molar-refractivity contribution in [1.29, 1.82) is 0 Å². The van der Waals surface area contributed by atoms with Crippen LogP contribution in [0.1, 0.15) is 26.3 Å². The second kappa shape index (κ2) is 10.1. The molecule has 2 aromatic rings. The predicted octanol–water partition coefficient (Wildman–Crippen LogP) is 2.94. The summed E-state index contributed by atoms with van der Waals surface area (Å²) in [5.74, 6) is 0.350. The number of hydrogen-bond donors (Lipinski definition) is 1. The van der Waals surface area contributed by atoms with E-state index < -0.39 is 11.6 Å². The first-order valence-corrected chi connectivity index (χ1v) is 8.76. The minimum Gasteiger partial charge on any atom is -0.484 e. The van der Waals surface area contributed by atoms with E-state index in [0.29, 0.717) is 11.5 Å². The SMILES string of the molecule is CC(C)(C)OC(=O)COc1ccc(/C=N/NC(=O)COc2ccccc2)cc1. The third-order valence-corrected chi connectivity index (χ3v) is 3.17. The molecule has 0 aromatic heterocycles. The number of para-hydroxylation sites is 1.